The van der Waals surface area contributed by atoms with Gasteiger partial charge in [0.1, 0.15) is 0 Å². The van der Waals surface area contributed by atoms with Crippen molar-refractivity contribution in [2.45, 2.75) is 6.42 Å². The third-order valence-electron chi connectivity index (χ3n) is 1.72. The summed E-state index contributed by atoms with van der Waals surface area (Å²) in [4.78, 5) is 0. The van der Waals surface area contributed by atoms with Crippen LogP contribution in [0, 0.1) is 28.5 Å². The summed E-state index contributed by atoms with van der Waals surface area (Å²) in [6, 6.07) is 6.23. The molecule has 0 aromatic heterocycles. The Morgan fingerprint density at radius 3 is 2.64 bits per heavy atom. The monoisotopic (exact) mass is 190 g/mol. The fraction of sp³-hybridized carbons (Fsp3) is 0.200. The van der Waals surface area contributed by atoms with E-state index < -0.39 is 5.82 Å². The van der Waals surface area contributed by atoms with Crippen molar-refractivity contribution in [2.24, 2.45) is 0 Å². The number of methoxy groups -OCH3 is 1. The molecular weight excluding hydrogens is 183 g/mol. The van der Waals surface area contributed by atoms with Crippen molar-refractivity contribution in [1.82, 2.24) is 0 Å². The Morgan fingerprint density at radius 2 is 2.14 bits per heavy atom. The molecule has 0 amide bonds. The van der Waals surface area contributed by atoms with Gasteiger partial charge in [0, 0.05) is 5.56 Å². The van der Waals surface area contributed by atoms with Gasteiger partial charge in [-0.25, -0.2) is 4.39 Å². The van der Waals surface area contributed by atoms with E-state index in [2.05, 4.69) is 0 Å². The van der Waals surface area contributed by atoms with Gasteiger partial charge in [0.05, 0.1) is 31.2 Å². The van der Waals surface area contributed by atoms with Gasteiger partial charge in [-0.2, -0.15) is 10.5 Å². The molecule has 1 rings (SSSR count). The molecule has 0 radical (unpaired) electrons. The Bertz CT molecular complexity index is 429. The minimum atomic E-state index is -0.614. The minimum Gasteiger partial charge on any atom is -0.493 e. The van der Waals surface area contributed by atoms with Crippen LogP contribution in [0.2, 0.25) is 0 Å². The number of hydrogen-bond donors (Lipinski definition) is 0. The summed E-state index contributed by atoms with van der Waals surface area (Å²) in [6.45, 7) is 0. The van der Waals surface area contributed by atoms with Crippen LogP contribution in [0.4, 0.5) is 4.39 Å². The number of nitriles is 2. The first-order valence-corrected chi connectivity index (χ1v) is 3.86. The maximum absolute atomic E-state index is 13.2. The van der Waals surface area contributed by atoms with Crippen LogP contribution >= 0.6 is 0 Å². The molecule has 0 spiro atoms. The Labute approximate surface area is 81.0 Å². The van der Waals surface area contributed by atoms with Gasteiger partial charge in [-0.05, 0) is 12.1 Å². The van der Waals surface area contributed by atoms with E-state index in [-0.39, 0.29) is 17.7 Å². The second kappa shape index (κ2) is 4.25. The summed E-state index contributed by atoms with van der Waals surface area (Å²) >= 11 is 0. The molecule has 4 heteroatoms. The van der Waals surface area contributed by atoms with Gasteiger partial charge in [-0.3, -0.25) is 0 Å². The van der Waals surface area contributed by atoms with Crippen LogP contribution in [-0.4, -0.2) is 7.11 Å². The number of halogens is 1. The second-order valence-electron chi connectivity index (χ2n) is 2.60. The molecule has 0 unspecified atom stereocenters. The fourth-order valence-electron chi connectivity index (χ4n) is 1.16. The molecule has 70 valence electrons. The van der Waals surface area contributed by atoms with Crippen LogP contribution in [-0.2, 0) is 6.42 Å². The lowest BCUT2D eigenvalue weighted by molar-refractivity contribution is 0.382. The topological polar surface area (TPSA) is 56.8 Å². The lowest BCUT2D eigenvalue weighted by atomic mass is 10.1. The van der Waals surface area contributed by atoms with Crippen LogP contribution in [0.5, 0.6) is 5.75 Å². The van der Waals surface area contributed by atoms with E-state index in [0.29, 0.717) is 5.56 Å². The lowest BCUT2D eigenvalue weighted by Crippen LogP contribution is -1.96. The van der Waals surface area contributed by atoms with E-state index in [0.717, 1.165) is 6.07 Å². The number of benzene rings is 1. The molecule has 0 heterocycles. The molecule has 3 nitrogen and oxygen atoms in total. The highest BCUT2D eigenvalue weighted by Gasteiger charge is 2.10. The first-order chi connectivity index (χ1) is 6.72. The van der Waals surface area contributed by atoms with Crippen molar-refractivity contribution < 1.29 is 9.13 Å². The molecule has 0 aliphatic rings. The molecular formula is C10H7FN2O. The van der Waals surface area contributed by atoms with Crippen molar-refractivity contribution >= 4 is 0 Å². The molecule has 0 N–H and O–H groups in total. The summed E-state index contributed by atoms with van der Waals surface area (Å²) in [5.41, 5.74) is 0.583. The van der Waals surface area contributed by atoms with E-state index in [4.69, 9.17) is 15.3 Å². The second-order valence-corrected chi connectivity index (χ2v) is 2.60. The van der Waals surface area contributed by atoms with Gasteiger partial charge in [0.15, 0.2) is 11.6 Å². The Kier molecular flexibility index (Phi) is 3.04. The third-order valence-corrected chi connectivity index (χ3v) is 1.72. The first-order valence-electron chi connectivity index (χ1n) is 3.86. The van der Waals surface area contributed by atoms with Gasteiger partial charge in [0.25, 0.3) is 0 Å². The van der Waals surface area contributed by atoms with Crippen LogP contribution in [0.15, 0.2) is 12.1 Å². The number of ether oxygens (including phenoxy) is 1. The molecule has 0 aliphatic carbocycles. The molecule has 0 aliphatic heterocycles. The van der Waals surface area contributed by atoms with Crippen LogP contribution < -0.4 is 4.74 Å². The van der Waals surface area contributed by atoms with Gasteiger partial charge in [-0.1, -0.05) is 0 Å². The zero-order valence-corrected chi connectivity index (χ0v) is 7.54. The molecule has 0 saturated carbocycles. The van der Waals surface area contributed by atoms with E-state index in [1.807, 2.05) is 12.1 Å². The van der Waals surface area contributed by atoms with Crippen LogP contribution in [0.1, 0.15) is 11.1 Å². The van der Waals surface area contributed by atoms with Crippen LogP contribution in [0.25, 0.3) is 0 Å². The predicted octanol–water partition coefficient (Wildman–Crippen LogP) is 1.77. The van der Waals surface area contributed by atoms with E-state index in [1.54, 1.807) is 0 Å². The number of nitrogens with zero attached hydrogens (tertiary/aromatic N) is 2. The molecule has 0 bridgehead atoms. The van der Waals surface area contributed by atoms with Crippen molar-refractivity contribution in [3.05, 3.63) is 29.1 Å². The summed E-state index contributed by atoms with van der Waals surface area (Å²) in [7, 11) is 1.32. The largest absolute Gasteiger partial charge is 0.493 e. The van der Waals surface area contributed by atoms with Gasteiger partial charge < -0.3 is 4.74 Å². The first kappa shape index (κ1) is 10.0. The van der Waals surface area contributed by atoms with Gasteiger partial charge in [0.2, 0.25) is 0 Å². The SMILES string of the molecule is COc1c(F)cc(C#N)cc1CC#N. The smallest absolute Gasteiger partial charge is 0.166 e. The van der Waals surface area contributed by atoms with E-state index >= 15 is 0 Å². The molecule has 14 heavy (non-hydrogen) atoms. The molecule has 0 atom stereocenters. The van der Waals surface area contributed by atoms with Crippen LogP contribution in [0.3, 0.4) is 0 Å². The number of hydrogen-bond acceptors (Lipinski definition) is 3. The zero-order chi connectivity index (χ0) is 10.6. The predicted molar refractivity (Wildman–Crippen MR) is 47.0 cm³/mol. The highest BCUT2D eigenvalue weighted by Crippen LogP contribution is 2.24. The standard InChI is InChI=1S/C10H7FN2O/c1-14-10-8(2-3-12)4-7(6-13)5-9(10)11/h4-5H,2H2,1H3. The van der Waals surface area contributed by atoms with Crippen molar-refractivity contribution in [2.75, 3.05) is 7.11 Å². The molecule has 0 fully saturated rings. The van der Waals surface area contributed by atoms with Gasteiger partial charge in [-0.15, -0.1) is 0 Å². The summed E-state index contributed by atoms with van der Waals surface area (Å²) in [5, 5.41) is 17.1. The van der Waals surface area contributed by atoms with Gasteiger partial charge >= 0.3 is 0 Å². The maximum Gasteiger partial charge on any atom is 0.166 e. The summed E-state index contributed by atoms with van der Waals surface area (Å²) < 4.78 is 18.0. The summed E-state index contributed by atoms with van der Waals surface area (Å²) in [5.74, 6) is -0.581. The molecule has 1 aromatic carbocycles. The van der Waals surface area contributed by atoms with E-state index in [9.17, 15) is 4.39 Å². The van der Waals surface area contributed by atoms with Crippen molar-refractivity contribution in [3.8, 4) is 17.9 Å². The van der Waals surface area contributed by atoms with E-state index in [1.165, 1.54) is 13.2 Å². The maximum atomic E-state index is 13.2. The molecule has 0 saturated heterocycles. The average molecular weight is 190 g/mol. The minimum absolute atomic E-state index is 0.0234. The van der Waals surface area contributed by atoms with Crippen molar-refractivity contribution in [3.63, 3.8) is 0 Å². The highest BCUT2D eigenvalue weighted by molar-refractivity contribution is 5.44. The Balaban J connectivity index is 3.31. The fourth-order valence-corrected chi connectivity index (χ4v) is 1.16. The van der Waals surface area contributed by atoms with Crippen molar-refractivity contribution in [1.29, 1.82) is 10.5 Å². The third kappa shape index (κ3) is 1.81. The normalized spacial score (nSPS) is 8.86. The lowest BCUT2D eigenvalue weighted by Gasteiger charge is -2.06. The Morgan fingerprint density at radius 1 is 1.43 bits per heavy atom. The summed E-state index contributed by atoms with van der Waals surface area (Å²) in [6.07, 6.45) is 0.0234. The average Bonchev–Trinajstić information content (AvgIpc) is 2.18. The zero-order valence-electron chi connectivity index (χ0n) is 7.54. The Hall–Kier alpha value is -2.07. The number of rotatable bonds is 2. The highest BCUT2D eigenvalue weighted by atomic mass is 19.1. The molecule has 1 aromatic rings. The quantitative estimate of drug-likeness (QED) is 0.714.